The van der Waals surface area contributed by atoms with E-state index in [0.717, 1.165) is 23.7 Å². The molecule has 0 heterocycles. The summed E-state index contributed by atoms with van der Waals surface area (Å²) in [6.45, 7) is 4.96. The summed E-state index contributed by atoms with van der Waals surface area (Å²) < 4.78 is 0. The van der Waals surface area contributed by atoms with Crippen molar-refractivity contribution in [2.24, 2.45) is 35.5 Å². The molecule has 0 aromatic carbocycles. The maximum absolute atomic E-state index is 2.48. The summed E-state index contributed by atoms with van der Waals surface area (Å²) in [5, 5.41) is 0. The predicted molar refractivity (Wildman–Crippen MR) is 46.1 cm³/mol. The van der Waals surface area contributed by atoms with Gasteiger partial charge in [-0.15, -0.1) is 0 Å². The van der Waals surface area contributed by atoms with Crippen molar-refractivity contribution < 1.29 is 0 Å². The topological polar surface area (TPSA) is 0 Å². The predicted octanol–water partition coefficient (Wildman–Crippen LogP) is 2.93. The number of rotatable bonds is 0. The Labute approximate surface area is 69.4 Å². The maximum atomic E-state index is 2.48. The quantitative estimate of drug-likeness (QED) is 0.498. The zero-order valence-electron chi connectivity index (χ0n) is 7.59. The molecule has 11 heavy (non-hydrogen) atoms. The third kappa shape index (κ3) is 0.588. The van der Waals surface area contributed by atoms with Crippen LogP contribution in [0.1, 0.15) is 33.1 Å². The van der Waals surface area contributed by atoms with Gasteiger partial charge in [0, 0.05) is 0 Å². The molecule has 6 unspecified atom stereocenters. The van der Waals surface area contributed by atoms with Crippen LogP contribution in [0.15, 0.2) is 0 Å². The molecule has 0 nitrogen and oxygen atoms in total. The van der Waals surface area contributed by atoms with Gasteiger partial charge in [-0.2, -0.15) is 0 Å². The van der Waals surface area contributed by atoms with E-state index < -0.39 is 0 Å². The number of hydrogen-bond donors (Lipinski definition) is 0. The van der Waals surface area contributed by atoms with E-state index in [9.17, 15) is 0 Å². The minimum atomic E-state index is 1.07. The summed E-state index contributed by atoms with van der Waals surface area (Å²) in [5.41, 5.74) is 0. The van der Waals surface area contributed by atoms with Gasteiger partial charge in [-0.1, -0.05) is 13.8 Å². The zero-order valence-corrected chi connectivity index (χ0v) is 7.59. The van der Waals surface area contributed by atoms with Crippen molar-refractivity contribution in [1.29, 1.82) is 0 Å². The average molecular weight is 150 g/mol. The average Bonchev–Trinajstić information content (AvgIpc) is 2.58. The van der Waals surface area contributed by atoms with Gasteiger partial charge in [0.25, 0.3) is 0 Å². The van der Waals surface area contributed by atoms with Crippen molar-refractivity contribution >= 4 is 0 Å². The third-order valence-corrected chi connectivity index (χ3v) is 5.09. The van der Waals surface area contributed by atoms with E-state index in [2.05, 4.69) is 13.8 Å². The molecule has 0 spiro atoms. The summed E-state index contributed by atoms with van der Waals surface area (Å²) in [6.07, 6.45) is 4.75. The van der Waals surface area contributed by atoms with E-state index in [1.807, 2.05) is 0 Å². The highest BCUT2D eigenvalue weighted by molar-refractivity contribution is 5.07. The van der Waals surface area contributed by atoms with Crippen LogP contribution in [0, 0.1) is 35.5 Å². The van der Waals surface area contributed by atoms with E-state index in [1.54, 1.807) is 19.3 Å². The van der Waals surface area contributed by atoms with Gasteiger partial charge < -0.3 is 0 Å². The summed E-state index contributed by atoms with van der Waals surface area (Å²) in [5.74, 6) is 6.80. The molecule has 3 aliphatic rings. The molecule has 0 N–H and O–H groups in total. The van der Waals surface area contributed by atoms with Crippen molar-refractivity contribution in [2.75, 3.05) is 0 Å². The van der Waals surface area contributed by atoms with Crippen LogP contribution in [0.25, 0.3) is 0 Å². The van der Waals surface area contributed by atoms with Gasteiger partial charge in [0.2, 0.25) is 0 Å². The summed E-state index contributed by atoms with van der Waals surface area (Å²) in [7, 11) is 0. The Bertz CT molecular complexity index is 164. The minimum absolute atomic E-state index is 1.07. The van der Waals surface area contributed by atoms with Crippen LogP contribution in [-0.4, -0.2) is 0 Å². The smallest absolute Gasteiger partial charge is 0.0324 e. The van der Waals surface area contributed by atoms with Gasteiger partial charge in [-0.25, -0.2) is 0 Å². The first-order valence-corrected chi connectivity index (χ1v) is 5.29. The zero-order chi connectivity index (χ0) is 7.59. The van der Waals surface area contributed by atoms with Crippen LogP contribution in [0.5, 0.6) is 0 Å². The van der Waals surface area contributed by atoms with Gasteiger partial charge in [0.15, 0.2) is 0 Å². The highest BCUT2D eigenvalue weighted by Gasteiger charge is 2.59. The second kappa shape index (κ2) is 1.84. The fraction of sp³-hybridized carbons (Fsp3) is 1.00. The third-order valence-electron chi connectivity index (χ3n) is 5.09. The Morgan fingerprint density at radius 2 is 1.27 bits per heavy atom. The van der Waals surface area contributed by atoms with Crippen LogP contribution in [0.4, 0.5) is 0 Å². The van der Waals surface area contributed by atoms with E-state index in [1.165, 1.54) is 11.8 Å². The van der Waals surface area contributed by atoms with E-state index in [4.69, 9.17) is 0 Å². The molecule has 6 atom stereocenters. The second-order valence-corrected chi connectivity index (χ2v) is 5.21. The van der Waals surface area contributed by atoms with Gasteiger partial charge >= 0.3 is 0 Å². The van der Waals surface area contributed by atoms with Crippen molar-refractivity contribution in [1.82, 2.24) is 0 Å². The lowest BCUT2D eigenvalue weighted by Crippen LogP contribution is -2.46. The molecule has 3 aliphatic carbocycles. The van der Waals surface area contributed by atoms with Crippen LogP contribution >= 0.6 is 0 Å². The minimum Gasteiger partial charge on any atom is -0.0620 e. The van der Waals surface area contributed by atoms with Gasteiger partial charge in [-0.3, -0.25) is 0 Å². The molecule has 3 saturated carbocycles. The Balaban J connectivity index is 1.89. The van der Waals surface area contributed by atoms with Gasteiger partial charge in [0.1, 0.15) is 0 Å². The fourth-order valence-electron chi connectivity index (χ4n) is 4.50. The normalized spacial score (nSPS) is 66.0. The lowest BCUT2D eigenvalue weighted by atomic mass is 9.53. The molecule has 62 valence electrons. The maximum Gasteiger partial charge on any atom is -0.0324 e. The first-order valence-electron chi connectivity index (χ1n) is 5.29. The molecular formula is C11H18. The molecule has 0 saturated heterocycles. The number of fused-ring (bicyclic) bond motifs is 5. The van der Waals surface area contributed by atoms with Crippen molar-refractivity contribution in [3.8, 4) is 0 Å². The largest absolute Gasteiger partial charge is 0.0620 e. The van der Waals surface area contributed by atoms with Crippen LogP contribution in [0.3, 0.4) is 0 Å². The SMILES string of the molecule is CC1C(C)C2C3CCC(C3)C12. The highest BCUT2D eigenvalue weighted by atomic mass is 14.6. The first-order chi connectivity index (χ1) is 5.29. The lowest BCUT2D eigenvalue weighted by molar-refractivity contribution is -0.0390. The van der Waals surface area contributed by atoms with Crippen molar-refractivity contribution in [2.45, 2.75) is 33.1 Å². The van der Waals surface area contributed by atoms with Gasteiger partial charge in [-0.05, 0) is 54.8 Å². The Hall–Kier alpha value is 0. The van der Waals surface area contributed by atoms with Gasteiger partial charge in [0.05, 0.1) is 0 Å². The van der Waals surface area contributed by atoms with Crippen molar-refractivity contribution in [3.05, 3.63) is 0 Å². The van der Waals surface area contributed by atoms with Crippen LogP contribution in [0.2, 0.25) is 0 Å². The van der Waals surface area contributed by atoms with Crippen molar-refractivity contribution in [3.63, 3.8) is 0 Å². The Morgan fingerprint density at radius 3 is 1.73 bits per heavy atom. The molecule has 0 radical (unpaired) electrons. The van der Waals surface area contributed by atoms with Crippen LogP contribution < -0.4 is 0 Å². The molecule has 0 heteroatoms. The molecular weight excluding hydrogens is 132 g/mol. The monoisotopic (exact) mass is 150 g/mol. The second-order valence-electron chi connectivity index (χ2n) is 5.21. The molecule has 0 aromatic rings. The highest BCUT2D eigenvalue weighted by Crippen LogP contribution is 2.65. The Kier molecular flexibility index (Phi) is 1.09. The number of hydrogen-bond acceptors (Lipinski definition) is 0. The molecule has 0 aliphatic heterocycles. The molecule has 3 rings (SSSR count). The molecule has 0 amide bonds. The summed E-state index contributed by atoms with van der Waals surface area (Å²) in [6, 6.07) is 0. The fourth-order valence-corrected chi connectivity index (χ4v) is 4.50. The van der Waals surface area contributed by atoms with E-state index in [0.29, 0.717) is 0 Å². The van der Waals surface area contributed by atoms with E-state index in [-0.39, 0.29) is 0 Å². The lowest BCUT2D eigenvalue weighted by Gasteiger charge is -2.52. The molecule has 2 bridgehead atoms. The summed E-state index contributed by atoms with van der Waals surface area (Å²) >= 11 is 0. The standard InChI is InChI=1S/C11H18/c1-6-7(2)11-9-4-3-8(5-9)10(6)11/h6-11H,3-5H2,1-2H3. The molecule has 0 aromatic heterocycles. The first kappa shape index (κ1) is 6.51. The summed E-state index contributed by atoms with van der Waals surface area (Å²) in [4.78, 5) is 0. The molecule has 3 fully saturated rings. The van der Waals surface area contributed by atoms with Crippen LogP contribution in [-0.2, 0) is 0 Å². The Morgan fingerprint density at radius 1 is 0.818 bits per heavy atom. The van der Waals surface area contributed by atoms with E-state index >= 15 is 0 Å².